The summed E-state index contributed by atoms with van der Waals surface area (Å²) < 4.78 is 0. The molecule has 94 valence electrons. The van der Waals surface area contributed by atoms with Crippen LogP contribution in [0.4, 0.5) is 5.69 Å². The average molecular weight is 341 g/mol. The molecule has 6 heteroatoms. The second-order valence-corrected chi connectivity index (χ2v) is 5.56. The molecule has 0 spiro atoms. The number of hydrogen-bond acceptors (Lipinski definition) is 1. The van der Waals surface area contributed by atoms with Gasteiger partial charge in [0, 0.05) is 16.8 Å². The number of halogens is 5. The standard InChI is InChI=1S/C12H6Cl5N/c13-7-3-5(18)1-2-6(7)10-11(16)8(14)4-9(15)12(10)17/h1-4H,18H2. The summed E-state index contributed by atoms with van der Waals surface area (Å²) in [5.41, 5.74) is 7.32. The van der Waals surface area contributed by atoms with Gasteiger partial charge in [-0.1, -0.05) is 64.1 Å². The number of rotatable bonds is 1. The van der Waals surface area contributed by atoms with Crippen LogP contribution >= 0.6 is 58.0 Å². The van der Waals surface area contributed by atoms with Crippen molar-refractivity contribution in [3.63, 3.8) is 0 Å². The molecular weight excluding hydrogens is 335 g/mol. The molecular formula is C12H6Cl5N. The Labute approximate surface area is 129 Å². The summed E-state index contributed by atoms with van der Waals surface area (Å²) >= 11 is 30.4. The SMILES string of the molecule is Nc1ccc(-c2c(Cl)c(Cl)cc(Cl)c2Cl)c(Cl)c1. The molecule has 0 unspecified atom stereocenters. The van der Waals surface area contributed by atoms with Crippen LogP contribution in [0, 0.1) is 0 Å². The number of hydrogen-bond donors (Lipinski definition) is 1. The lowest BCUT2D eigenvalue weighted by atomic mass is 10.0. The van der Waals surface area contributed by atoms with Gasteiger partial charge in [0.05, 0.1) is 25.1 Å². The van der Waals surface area contributed by atoms with E-state index in [2.05, 4.69) is 0 Å². The summed E-state index contributed by atoms with van der Waals surface area (Å²) in [6.45, 7) is 0. The minimum atomic E-state index is 0.303. The summed E-state index contributed by atoms with van der Waals surface area (Å²) in [6, 6.07) is 6.51. The Morgan fingerprint density at radius 3 is 1.78 bits per heavy atom. The molecule has 0 aliphatic heterocycles. The third-order valence-electron chi connectivity index (χ3n) is 2.37. The second-order valence-electron chi connectivity index (χ2n) is 3.58. The first kappa shape index (κ1) is 14.1. The van der Waals surface area contributed by atoms with Gasteiger partial charge in [-0.15, -0.1) is 0 Å². The van der Waals surface area contributed by atoms with Crippen molar-refractivity contribution in [1.82, 2.24) is 0 Å². The predicted octanol–water partition coefficient (Wildman–Crippen LogP) is 6.20. The highest BCUT2D eigenvalue weighted by molar-refractivity contribution is 6.50. The fourth-order valence-corrected chi connectivity index (χ4v) is 2.84. The van der Waals surface area contributed by atoms with E-state index in [0.717, 1.165) is 0 Å². The Morgan fingerprint density at radius 1 is 0.722 bits per heavy atom. The van der Waals surface area contributed by atoms with Crippen LogP contribution in [0.3, 0.4) is 0 Å². The molecule has 2 N–H and O–H groups in total. The minimum Gasteiger partial charge on any atom is -0.399 e. The fraction of sp³-hybridized carbons (Fsp3) is 0. The molecule has 0 bridgehead atoms. The van der Waals surface area contributed by atoms with E-state index in [1.165, 1.54) is 6.07 Å². The molecule has 0 amide bonds. The maximum absolute atomic E-state index is 6.15. The number of benzene rings is 2. The maximum atomic E-state index is 6.15. The van der Waals surface area contributed by atoms with E-state index < -0.39 is 0 Å². The molecule has 0 aliphatic rings. The summed E-state index contributed by atoms with van der Waals surface area (Å²) in [6.07, 6.45) is 0. The van der Waals surface area contributed by atoms with Crippen LogP contribution in [0.5, 0.6) is 0 Å². The van der Waals surface area contributed by atoms with Crippen molar-refractivity contribution in [2.24, 2.45) is 0 Å². The van der Waals surface area contributed by atoms with E-state index in [-0.39, 0.29) is 0 Å². The van der Waals surface area contributed by atoms with Crippen molar-refractivity contribution in [2.75, 3.05) is 5.73 Å². The molecule has 0 heterocycles. The van der Waals surface area contributed by atoms with Crippen molar-refractivity contribution in [2.45, 2.75) is 0 Å². The van der Waals surface area contributed by atoms with Gasteiger partial charge in [-0.25, -0.2) is 0 Å². The molecule has 0 aliphatic carbocycles. The van der Waals surface area contributed by atoms with Crippen molar-refractivity contribution in [3.8, 4) is 11.1 Å². The van der Waals surface area contributed by atoms with Crippen LogP contribution in [-0.2, 0) is 0 Å². The normalized spacial score (nSPS) is 10.7. The Morgan fingerprint density at radius 2 is 1.28 bits per heavy atom. The molecule has 0 atom stereocenters. The highest BCUT2D eigenvalue weighted by atomic mass is 35.5. The zero-order chi connectivity index (χ0) is 13.4. The lowest BCUT2D eigenvalue weighted by molar-refractivity contribution is 1.61. The van der Waals surface area contributed by atoms with Crippen molar-refractivity contribution < 1.29 is 0 Å². The Bertz CT molecular complexity index is 598. The molecule has 0 saturated heterocycles. The van der Waals surface area contributed by atoms with E-state index in [1.54, 1.807) is 18.2 Å². The molecule has 0 radical (unpaired) electrons. The summed E-state index contributed by atoms with van der Waals surface area (Å²) in [5, 5.41) is 1.66. The topological polar surface area (TPSA) is 26.0 Å². The van der Waals surface area contributed by atoms with E-state index in [9.17, 15) is 0 Å². The Hall–Kier alpha value is -0.310. The van der Waals surface area contributed by atoms with E-state index in [4.69, 9.17) is 63.7 Å². The zero-order valence-electron chi connectivity index (χ0n) is 8.78. The first-order chi connectivity index (χ1) is 8.41. The molecule has 0 saturated carbocycles. The lowest BCUT2D eigenvalue weighted by Crippen LogP contribution is -1.89. The third-order valence-corrected chi connectivity index (χ3v) is 4.26. The Balaban J connectivity index is 2.78. The van der Waals surface area contributed by atoms with E-state index in [0.29, 0.717) is 41.9 Å². The van der Waals surface area contributed by atoms with Crippen molar-refractivity contribution >= 4 is 63.7 Å². The predicted molar refractivity (Wildman–Crippen MR) is 81.3 cm³/mol. The lowest BCUT2D eigenvalue weighted by Gasteiger charge is -2.12. The summed E-state index contributed by atoms with van der Waals surface area (Å²) in [4.78, 5) is 0. The highest BCUT2D eigenvalue weighted by Crippen LogP contribution is 2.45. The zero-order valence-corrected chi connectivity index (χ0v) is 12.6. The van der Waals surface area contributed by atoms with Crippen LogP contribution in [0.2, 0.25) is 25.1 Å². The third kappa shape index (κ3) is 2.52. The van der Waals surface area contributed by atoms with Crippen LogP contribution < -0.4 is 5.73 Å². The van der Waals surface area contributed by atoms with Gasteiger partial charge < -0.3 is 5.73 Å². The van der Waals surface area contributed by atoms with Gasteiger partial charge in [-0.2, -0.15) is 0 Å². The molecule has 2 aromatic carbocycles. The monoisotopic (exact) mass is 339 g/mol. The first-order valence-corrected chi connectivity index (χ1v) is 6.69. The van der Waals surface area contributed by atoms with Gasteiger partial charge in [0.15, 0.2) is 0 Å². The van der Waals surface area contributed by atoms with Gasteiger partial charge in [0.2, 0.25) is 0 Å². The summed E-state index contributed by atoms with van der Waals surface area (Å²) in [7, 11) is 0. The fourth-order valence-electron chi connectivity index (χ4n) is 1.54. The van der Waals surface area contributed by atoms with Gasteiger partial charge in [-0.05, 0) is 18.2 Å². The van der Waals surface area contributed by atoms with Crippen LogP contribution in [0.1, 0.15) is 0 Å². The largest absolute Gasteiger partial charge is 0.399 e. The van der Waals surface area contributed by atoms with Gasteiger partial charge in [-0.3, -0.25) is 0 Å². The van der Waals surface area contributed by atoms with Crippen LogP contribution in [0.25, 0.3) is 11.1 Å². The van der Waals surface area contributed by atoms with Gasteiger partial charge in [0.25, 0.3) is 0 Å². The van der Waals surface area contributed by atoms with Gasteiger partial charge in [0.1, 0.15) is 0 Å². The molecule has 18 heavy (non-hydrogen) atoms. The number of nitrogen functional groups attached to an aromatic ring is 1. The first-order valence-electron chi connectivity index (χ1n) is 4.80. The van der Waals surface area contributed by atoms with E-state index in [1.807, 2.05) is 0 Å². The molecule has 0 fully saturated rings. The molecule has 2 rings (SSSR count). The van der Waals surface area contributed by atoms with E-state index >= 15 is 0 Å². The molecule has 1 nitrogen and oxygen atoms in total. The smallest absolute Gasteiger partial charge is 0.0687 e. The summed E-state index contributed by atoms with van der Waals surface area (Å²) in [5.74, 6) is 0. The Kier molecular flexibility index (Phi) is 4.20. The maximum Gasteiger partial charge on any atom is 0.0687 e. The second kappa shape index (κ2) is 5.36. The quantitative estimate of drug-likeness (QED) is 0.485. The van der Waals surface area contributed by atoms with Crippen LogP contribution in [0.15, 0.2) is 24.3 Å². The van der Waals surface area contributed by atoms with Crippen LogP contribution in [-0.4, -0.2) is 0 Å². The average Bonchev–Trinajstić information content (AvgIpc) is 2.29. The van der Waals surface area contributed by atoms with Gasteiger partial charge >= 0.3 is 0 Å². The number of anilines is 1. The van der Waals surface area contributed by atoms with Crippen molar-refractivity contribution in [3.05, 3.63) is 49.4 Å². The molecule has 2 aromatic rings. The van der Waals surface area contributed by atoms with Crippen molar-refractivity contribution in [1.29, 1.82) is 0 Å². The highest BCUT2D eigenvalue weighted by Gasteiger charge is 2.17. The minimum absolute atomic E-state index is 0.303. The number of nitrogens with two attached hydrogens (primary N) is 1. The molecule has 0 aromatic heterocycles.